The van der Waals surface area contributed by atoms with Crippen molar-refractivity contribution in [1.82, 2.24) is 15.0 Å². The molecule has 1 aliphatic heterocycles. The maximum absolute atomic E-state index is 4.73. The molecule has 0 spiro atoms. The van der Waals surface area contributed by atoms with Crippen molar-refractivity contribution in [2.75, 3.05) is 41.8 Å². The van der Waals surface area contributed by atoms with E-state index >= 15 is 0 Å². The van der Waals surface area contributed by atoms with Crippen molar-refractivity contribution in [3.63, 3.8) is 0 Å². The number of aromatic nitrogens is 3. The third kappa shape index (κ3) is 3.19. The lowest BCUT2D eigenvalue weighted by Crippen LogP contribution is -2.39. The first-order valence-corrected chi connectivity index (χ1v) is 8.25. The SMILES string of the molecule is CCNc1nc(N2CCCCC2)nc(N(C)C2CCC2)n1. The van der Waals surface area contributed by atoms with Crippen LogP contribution in [-0.4, -0.2) is 47.7 Å². The van der Waals surface area contributed by atoms with Gasteiger partial charge in [0, 0.05) is 32.7 Å². The molecule has 1 aliphatic carbocycles. The molecule has 0 aromatic carbocycles. The van der Waals surface area contributed by atoms with E-state index in [1.807, 2.05) is 0 Å². The molecule has 0 unspecified atom stereocenters. The van der Waals surface area contributed by atoms with Gasteiger partial charge >= 0.3 is 0 Å². The van der Waals surface area contributed by atoms with Gasteiger partial charge in [0.15, 0.2) is 0 Å². The molecule has 21 heavy (non-hydrogen) atoms. The molecule has 116 valence electrons. The smallest absolute Gasteiger partial charge is 0.231 e. The zero-order valence-corrected chi connectivity index (χ0v) is 13.2. The van der Waals surface area contributed by atoms with E-state index in [9.17, 15) is 0 Å². The molecule has 2 aliphatic rings. The molecule has 1 N–H and O–H groups in total. The molecule has 6 heteroatoms. The monoisotopic (exact) mass is 290 g/mol. The fourth-order valence-electron chi connectivity index (χ4n) is 2.92. The fourth-order valence-corrected chi connectivity index (χ4v) is 2.92. The first-order chi connectivity index (χ1) is 10.3. The zero-order valence-electron chi connectivity index (χ0n) is 13.2. The van der Waals surface area contributed by atoms with Gasteiger partial charge in [0.2, 0.25) is 17.8 Å². The van der Waals surface area contributed by atoms with Crippen molar-refractivity contribution in [1.29, 1.82) is 0 Å². The summed E-state index contributed by atoms with van der Waals surface area (Å²) in [4.78, 5) is 18.4. The lowest BCUT2D eigenvalue weighted by Gasteiger charge is -2.35. The molecule has 1 aromatic rings. The van der Waals surface area contributed by atoms with Crippen molar-refractivity contribution in [3.8, 4) is 0 Å². The Balaban J connectivity index is 1.85. The Kier molecular flexibility index (Phi) is 4.41. The van der Waals surface area contributed by atoms with Crippen LogP contribution in [0.15, 0.2) is 0 Å². The average molecular weight is 290 g/mol. The minimum Gasteiger partial charge on any atom is -0.354 e. The summed E-state index contributed by atoms with van der Waals surface area (Å²) in [7, 11) is 2.11. The second-order valence-electron chi connectivity index (χ2n) is 6.03. The Bertz CT molecular complexity index is 447. The number of anilines is 3. The number of piperidine rings is 1. The average Bonchev–Trinajstić information content (AvgIpc) is 2.46. The minimum atomic E-state index is 0.594. The van der Waals surface area contributed by atoms with E-state index in [0.29, 0.717) is 12.0 Å². The zero-order chi connectivity index (χ0) is 14.7. The Morgan fingerprint density at radius 2 is 1.86 bits per heavy atom. The highest BCUT2D eigenvalue weighted by molar-refractivity contribution is 5.45. The van der Waals surface area contributed by atoms with Gasteiger partial charge in [0.25, 0.3) is 0 Å². The standard InChI is InChI=1S/C15H26N6/c1-3-16-13-17-14(20(2)12-8-7-9-12)19-15(18-13)21-10-5-4-6-11-21/h12H,3-11H2,1-2H3,(H,16,17,18,19). The molecule has 2 fully saturated rings. The van der Waals surface area contributed by atoms with Gasteiger partial charge < -0.3 is 15.1 Å². The summed E-state index contributed by atoms with van der Waals surface area (Å²) in [5.41, 5.74) is 0. The van der Waals surface area contributed by atoms with Crippen LogP contribution in [0.2, 0.25) is 0 Å². The van der Waals surface area contributed by atoms with Crippen LogP contribution in [0.5, 0.6) is 0 Å². The molecule has 0 atom stereocenters. The molecule has 2 heterocycles. The van der Waals surface area contributed by atoms with E-state index < -0.39 is 0 Å². The highest BCUT2D eigenvalue weighted by Gasteiger charge is 2.25. The molecule has 1 saturated carbocycles. The van der Waals surface area contributed by atoms with Crippen LogP contribution in [0.25, 0.3) is 0 Å². The second kappa shape index (κ2) is 6.45. The summed E-state index contributed by atoms with van der Waals surface area (Å²) in [6.07, 6.45) is 7.59. The number of hydrogen-bond acceptors (Lipinski definition) is 6. The largest absolute Gasteiger partial charge is 0.354 e. The summed E-state index contributed by atoms with van der Waals surface area (Å²) in [6.45, 7) is 5.01. The van der Waals surface area contributed by atoms with Crippen LogP contribution in [0.3, 0.4) is 0 Å². The van der Waals surface area contributed by atoms with Crippen LogP contribution in [0.1, 0.15) is 45.4 Å². The summed E-state index contributed by atoms with van der Waals surface area (Å²) >= 11 is 0. The summed E-state index contributed by atoms with van der Waals surface area (Å²) in [5, 5.41) is 3.24. The van der Waals surface area contributed by atoms with Gasteiger partial charge in [-0.15, -0.1) is 0 Å². The third-order valence-electron chi connectivity index (χ3n) is 4.52. The van der Waals surface area contributed by atoms with Crippen LogP contribution in [-0.2, 0) is 0 Å². The van der Waals surface area contributed by atoms with E-state index in [1.54, 1.807) is 0 Å². The maximum atomic E-state index is 4.73. The molecule has 1 aromatic heterocycles. The molecule has 3 rings (SSSR count). The number of rotatable bonds is 5. The summed E-state index contributed by atoms with van der Waals surface area (Å²) in [5.74, 6) is 2.35. The molecule has 1 saturated heterocycles. The first-order valence-electron chi connectivity index (χ1n) is 8.25. The molecular formula is C15H26N6. The Morgan fingerprint density at radius 1 is 1.10 bits per heavy atom. The van der Waals surface area contributed by atoms with Crippen molar-refractivity contribution in [2.45, 2.75) is 51.5 Å². The van der Waals surface area contributed by atoms with Crippen LogP contribution in [0.4, 0.5) is 17.8 Å². The quantitative estimate of drug-likeness (QED) is 0.898. The first kappa shape index (κ1) is 14.4. The van der Waals surface area contributed by atoms with Crippen molar-refractivity contribution in [3.05, 3.63) is 0 Å². The van der Waals surface area contributed by atoms with E-state index in [4.69, 9.17) is 4.98 Å². The Morgan fingerprint density at radius 3 is 2.48 bits per heavy atom. The Labute approximate surface area is 127 Å². The van der Waals surface area contributed by atoms with Crippen molar-refractivity contribution < 1.29 is 0 Å². The van der Waals surface area contributed by atoms with Gasteiger partial charge in [-0.1, -0.05) is 0 Å². The maximum Gasteiger partial charge on any atom is 0.231 e. The molecule has 0 radical (unpaired) electrons. The van der Waals surface area contributed by atoms with Crippen molar-refractivity contribution >= 4 is 17.8 Å². The van der Waals surface area contributed by atoms with Gasteiger partial charge in [-0.05, 0) is 45.4 Å². The predicted molar refractivity (Wildman–Crippen MR) is 86.1 cm³/mol. The molecule has 0 amide bonds. The normalized spacial score (nSPS) is 19.2. The topological polar surface area (TPSA) is 57.2 Å². The lowest BCUT2D eigenvalue weighted by atomic mass is 9.92. The lowest BCUT2D eigenvalue weighted by molar-refractivity contribution is 0.397. The van der Waals surface area contributed by atoms with E-state index in [1.165, 1.54) is 38.5 Å². The van der Waals surface area contributed by atoms with Crippen LogP contribution >= 0.6 is 0 Å². The highest BCUT2D eigenvalue weighted by Crippen LogP contribution is 2.28. The highest BCUT2D eigenvalue weighted by atomic mass is 15.4. The molecule has 0 bridgehead atoms. The summed E-state index contributed by atoms with van der Waals surface area (Å²) < 4.78 is 0. The van der Waals surface area contributed by atoms with E-state index in [2.05, 4.69) is 39.1 Å². The van der Waals surface area contributed by atoms with E-state index in [0.717, 1.165) is 31.5 Å². The number of nitrogens with one attached hydrogen (secondary N) is 1. The number of nitrogens with zero attached hydrogens (tertiary/aromatic N) is 5. The second-order valence-corrected chi connectivity index (χ2v) is 6.03. The molecular weight excluding hydrogens is 264 g/mol. The summed E-state index contributed by atoms with van der Waals surface area (Å²) in [6, 6.07) is 0.594. The van der Waals surface area contributed by atoms with Gasteiger partial charge in [-0.3, -0.25) is 0 Å². The van der Waals surface area contributed by atoms with Crippen molar-refractivity contribution in [2.24, 2.45) is 0 Å². The molecule has 6 nitrogen and oxygen atoms in total. The van der Waals surface area contributed by atoms with Crippen LogP contribution in [0, 0.1) is 0 Å². The predicted octanol–water partition coefficient (Wildman–Crippen LogP) is 2.28. The van der Waals surface area contributed by atoms with Gasteiger partial charge in [0.05, 0.1) is 0 Å². The third-order valence-corrected chi connectivity index (χ3v) is 4.52. The minimum absolute atomic E-state index is 0.594. The van der Waals surface area contributed by atoms with Gasteiger partial charge in [0.1, 0.15) is 0 Å². The van der Waals surface area contributed by atoms with Crippen LogP contribution < -0.4 is 15.1 Å². The van der Waals surface area contributed by atoms with E-state index in [-0.39, 0.29) is 0 Å². The number of hydrogen-bond donors (Lipinski definition) is 1. The van der Waals surface area contributed by atoms with Gasteiger partial charge in [-0.2, -0.15) is 15.0 Å². The fraction of sp³-hybridized carbons (Fsp3) is 0.800. The van der Waals surface area contributed by atoms with Gasteiger partial charge in [-0.25, -0.2) is 0 Å². The Hall–Kier alpha value is -1.59.